The van der Waals surface area contributed by atoms with E-state index in [4.69, 9.17) is 9.47 Å². The summed E-state index contributed by atoms with van der Waals surface area (Å²) in [7, 11) is 0. The number of aryl methyl sites for hydroxylation is 2. The lowest BCUT2D eigenvalue weighted by Crippen LogP contribution is -2.48. The molecule has 0 aliphatic heterocycles. The molecule has 2 rings (SSSR count). The number of rotatable bonds is 15. The van der Waals surface area contributed by atoms with Crippen LogP contribution in [0.4, 0.5) is 9.59 Å². The third-order valence-electron chi connectivity index (χ3n) is 7.36. The van der Waals surface area contributed by atoms with E-state index in [9.17, 15) is 29.1 Å². The molecule has 12 nitrogen and oxygen atoms in total. The maximum Gasteiger partial charge on any atom is 0.408 e. The van der Waals surface area contributed by atoms with Gasteiger partial charge in [0.1, 0.15) is 17.0 Å². The van der Waals surface area contributed by atoms with Gasteiger partial charge in [-0.25, -0.2) is 9.59 Å². The molecule has 270 valence electrons. The Kier molecular flexibility index (Phi) is 15.1. The van der Waals surface area contributed by atoms with Crippen molar-refractivity contribution < 1.29 is 38.6 Å². The Labute approximate surface area is 290 Å². The molecule has 0 heterocycles. The second-order valence-electron chi connectivity index (χ2n) is 14.4. The summed E-state index contributed by atoms with van der Waals surface area (Å²) in [6, 6.07) is 11.2. The number of Topliss-reactive ketones (excluding diaryl/α,β-unsaturated/α-hetero) is 1. The van der Waals surface area contributed by atoms with Gasteiger partial charge in [-0.15, -0.1) is 0 Å². The van der Waals surface area contributed by atoms with Crippen molar-refractivity contribution in [3.05, 3.63) is 64.7 Å². The SMILES string of the molecule is Cc1cc(O)cc(C)c1C[C@H](NC(=O)OC(C)(C)C)C(=O)C[C@H](C)C(=O)NC[C@H](Cc1ccccc1)NC(=O)CCNC(=O)OC(C)(C)C. The minimum absolute atomic E-state index is 0.00933. The first-order valence-electron chi connectivity index (χ1n) is 16.6. The number of carbonyl (C=O) groups excluding carboxylic acids is 5. The Hall–Kier alpha value is -4.61. The molecule has 2 aromatic rings. The Morgan fingerprint density at radius 1 is 0.796 bits per heavy atom. The molecule has 5 N–H and O–H groups in total. The number of ether oxygens (including phenoxy) is 2. The molecule has 49 heavy (non-hydrogen) atoms. The molecule has 0 aliphatic rings. The fraction of sp³-hybridized carbons (Fsp3) is 0.541. The standard InChI is InChI=1S/C37H54N4O8/c1-23-17-28(42)18-24(2)29(23)21-30(41-35(47)49-37(7,8)9)31(43)19-25(3)33(45)39-22-27(20-26-13-11-10-12-14-26)40-32(44)15-16-38-34(46)48-36(4,5)6/h10-14,17-18,25,27,30,42H,15-16,19-22H2,1-9H3,(H,38,46)(H,39,45)(H,40,44)(H,41,47)/t25-,27-,30-/m0/s1. The lowest BCUT2D eigenvalue weighted by molar-refractivity contribution is -0.129. The highest BCUT2D eigenvalue weighted by molar-refractivity contribution is 5.91. The molecule has 0 radical (unpaired) electrons. The zero-order chi connectivity index (χ0) is 36.9. The summed E-state index contributed by atoms with van der Waals surface area (Å²) in [4.78, 5) is 64.3. The third-order valence-corrected chi connectivity index (χ3v) is 7.36. The lowest BCUT2D eigenvalue weighted by Gasteiger charge is -2.25. The van der Waals surface area contributed by atoms with Crippen LogP contribution in [0.15, 0.2) is 42.5 Å². The van der Waals surface area contributed by atoms with Gasteiger partial charge in [0, 0.05) is 38.3 Å². The minimum Gasteiger partial charge on any atom is -0.508 e. The Bertz CT molecular complexity index is 1420. The average Bonchev–Trinajstić information content (AvgIpc) is 2.95. The molecule has 0 bridgehead atoms. The molecule has 3 atom stereocenters. The normalized spacial score (nSPS) is 13.3. The van der Waals surface area contributed by atoms with E-state index in [2.05, 4.69) is 21.3 Å². The molecule has 12 heteroatoms. The van der Waals surface area contributed by atoms with Gasteiger partial charge in [-0.1, -0.05) is 37.3 Å². The summed E-state index contributed by atoms with van der Waals surface area (Å²) in [6.07, 6.45) is -0.929. The van der Waals surface area contributed by atoms with E-state index >= 15 is 0 Å². The number of ketones is 1. The van der Waals surface area contributed by atoms with Crippen molar-refractivity contribution in [2.24, 2.45) is 5.92 Å². The summed E-state index contributed by atoms with van der Waals surface area (Å²) < 4.78 is 10.6. The molecule has 0 aromatic heterocycles. The van der Waals surface area contributed by atoms with E-state index in [1.54, 1.807) is 60.6 Å². The largest absolute Gasteiger partial charge is 0.508 e. The first-order chi connectivity index (χ1) is 22.7. The van der Waals surface area contributed by atoms with Crippen molar-refractivity contribution >= 4 is 29.8 Å². The molecule has 0 saturated carbocycles. The summed E-state index contributed by atoms with van der Waals surface area (Å²) in [6.45, 7) is 15.8. The number of hydrogen-bond donors (Lipinski definition) is 5. The van der Waals surface area contributed by atoms with E-state index in [0.717, 1.165) is 22.3 Å². The summed E-state index contributed by atoms with van der Waals surface area (Å²) >= 11 is 0. The molecule has 0 saturated heterocycles. The molecular weight excluding hydrogens is 628 g/mol. The van der Waals surface area contributed by atoms with Crippen molar-refractivity contribution in [3.63, 3.8) is 0 Å². The van der Waals surface area contributed by atoms with Crippen molar-refractivity contribution in [3.8, 4) is 5.75 Å². The second-order valence-corrected chi connectivity index (χ2v) is 14.4. The van der Waals surface area contributed by atoms with Crippen LogP contribution in [-0.2, 0) is 36.7 Å². The minimum atomic E-state index is -0.980. The van der Waals surface area contributed by atoms with Crippen molar-refractivity contribution in [1.29, 1.82) is 0 Å². The van der Waals surface area contributed by atoms with E-state index < -0.39 is 41.4 Å². The van der Waals surface area contributed by atoms with Crippen LogP contribution in [0.1, 0.15) is 83.6 Å². The van der Waals surface area contributed by atoms with Crippen LogP contribution in [0, 0.1) is 19.8 Å². The van der Waals surface area contributed by atoms with Gasteiger partial charge in [0.2, 0.25) is 11.8 Å². The summed E-state index contributed by atoms with van der Waals surface area (Å²) in [5.74, 6) is -1.70. The highest BCUT2D eigenvalue weighted by Gasteiger charge is 2.29. The number of phenols is 1. The Morgan fingerprint density at radius 3 is 1.94 bits per heavy atom. The fourth-order valence-corrected chi connectivity index (χ4v) is 5.09. The smallest absolute Gasteiger partial charge is 0.408 e. The molecule has 0 spiro atoms. The van der Waals surface area contributed by atoms with Crippen LogP contribution in [0.3, 0.4) is 0 Å². The van der Waals surface area contributed by atoms with E-state index in [1.807, 2.05) is 44.2 Å². The quantitative estimate of drug-likeness (QED) is 0.178. The number of hydrogen-bond acceptors (Lipinski definition) is 8. The van der Waals surface area contributed by atoms with Gasteiger partial charge in [-0.05, 0) is 96.2 Å². The maximum absolute atomic E-state index is 13.6. The second kappa shape index (κ2) is 18.2. The van der Waals surface area contributed by atoms with Gasteiger partial charge >= 0.3 is 12.2 Å². The highest BCUT2D eigenvalue weighted by atomic mass is 16.6. The number of nitrogens with one attached hydrogen (secondary N) is 4. The number of alkyl carbamates (subject to hydrolysis) is 2. The molecule has 0 fully saturated rings. The fourth-order valence-electron chi connectivity index (χ4n) is 5.09. The van der Waals surface area contributed by atoms with Gasteiger partial charge in [0.15, 0.2) is 5.78 Å². The summed E-state index contributed by atoms with van der Waals surface area (Å²) in [5, 5.41) is 21.0. The lowest BCUT2D eigenvalue weighted by atomic mass is 9.91. The van der Waals surface area contributed by atoms with Gasteiger partial charge in [-0.3, -0.25) is 14.4 Å². The number of phenolic OH excluding ortho intramolecular Hbond substituents is 1. The van der Waals surface area contributed by atoms with Crippen LogP contribution >= 0.6 is 0 Å². The van der Waals surface area contributed by atoms with Crippen LogP contribution in [-0.4, -0.2) is 71.3 Å². The van der Waals surface area contributed by atoms with Crippen molar-refractivity contribution in [2.75, 3.05) is 13.1 Å². The number of carbonyl (C=O) groups is 5. The topological polar surface area (TPSA) is 172 Å². The number of aromatic hydroxyl groups is 1. The molecule has 4 amide bonds. The number of amides is 4. The molecule has 2 aromatic carbocycles. The Morgan fingerprint density at radius 2 is 1.37 bits per heavy atom. The number of benzene rings is 2. The first-order valence-corrected chi connectivity index (χ1v) is 16.6. The van der Waals surface area contributed by atoms with Gasteiger partial charge < -0.3 is 35.8 Å². The van der Waals surface area contributed by atoms with Crippen molar-refractivity contribution in [2.45, 2.75) is 111 Å². The highest BCUT2D eigenvalue weighted by Crippen LogP contribution is 2.23. The predicted molar refractivity (Wildman–Crippen MR) is 187 cm³/mol. The average molecular weight is 683 g/mol. The van der Waals surface area contributed by atoms with Crippen LogP contribution in [0.2, 0.25) is 0 Å². The van der Waals surface area contributed by atoms with Gasteiger partial charge in [0.25, 0.3) is 0 Å². The monoisotopic (exact) mass is 682 g/mol. The third kappa shape index (κ3) is 15.9. The molecular formula is C37H54N4O8. The first kappa shape index (κ1) is 40.6. The van der Waals surface area contributed by atoms with E-state index in [0.29, 0.717) is 6.42 Å². The van der Waals surface area contributed by atoms with Gasteiger partial charge in [-0.2, -0.15) is 0 Å². The van der Waals surface area contributed by atoms with Crippen LogP contribution < -0.4 is 21.3 Å². The maximum atomic E-state index is 13.6. The van der Waals surface area contributed by atoms with Crippen LogP contribution in [0.5, 0.6) is 5.75 Å². The zero-order valence-electron chi connectivity index (χ0n) is 30.3. The van der Waals surface area contributed by atoms with E-state index in [1.165, 1.54) is 0 Å². The zero-order valence-corrected chi connectivity index (χ0v) is 30.3. The predicted octanol–water partition coefficient (Wildman–Crippen LogP) is 4.80. The van der Waals surface area contributed by atoms with Crippen LogP contribution in [0.25, 0.3) is 0 Å². The molecule has 0 unspecified atom stereocenters. The van der Waals surface area contributed by atoms with Gasteiger partial charge in [0.05, 0.1) is 12.1 Å². The Balaban J connectivity index is 2.08. The summed E-state index contributed by atoms with van der Waals surface area (Å²) in [5.41, 5.74) is 1.83. The van der Waals surface area contributed by atoms with Crippen molar-refractivity contribution in [1.82, 2.24) is 21.3 Å². The van der Waals surface area contributed by atoms with E-state index in [-0.39, 0.29) is 55.7 Å². The molecule has 0 aliphatic carbocycles.